The van der Waals surface area contributed by atoms with E-state index in [1.165, 1.54) is 0 Å². The van der Waals surface area contributed by atoms with Gasteiger partial charge in [0, 0.05) is 32.5 Å². The van der Waals surface area contributed by atoms with Crippen LogP contribution < -0.4 is 0 Å². The van der Waals surface area contributed by atoms with Gasteiger partial charge < -0.3 is 4.42 Å². The van der Waals surface area contributed by atoms with Crippen molar-refractivity contribution in [1.29, 1.82) is 0 Å². The molecule has 7 rings (SSSR count). The maximum atomic E-state index is 6.67. The number of halogens is 1. The molecule has 0 amide bonds. The van der Waals surface area contributed by atoms with E-state index in [0.29, 0.717) is 22.5 Å². The van der Waals surface area contributed by atoms with Crippen LogP contribution in [0, 0.1) is 0 Å². The van der Waals surface area contributed by atoms with Crippen LogP contribution in [-0.4, -0.2) is 15.0 Å². The predicted octanol–water partition coefficient (Wildman–Crippen LogP) is 9.09. The number of para-hydroxylation sites is 1. The van der Waals surface area contributed by atoms with Gasteiger partial charge in [-0.1, -0.05) is 96.5 Å². The molecule has 0 atom stereocenters. The van der Waals surface area contributed by atoms with Crippen molar-refractivity contribution >= 4 is 33.5 Å². The van der Waals surface area contributed by atoms with Gasteiger partial charge in [-0.2, -0.15) is 0 Å². The van der Waals surface area contributed by atoms with Gasteiger partial charge >= 0.3 is 0 Å². The summed E-state index contributed by atoms with van der Waals surface area (Å²) < 4.78 is 6.02. The first-order chi connectivity index (χ1) is 18.7. The van der Waals surface area contributed by atoms with Crippen molar-refractivity contribution in [2.45, 2.75) is 0 Å². The summed E-state index contributed by atoms with van der Waals surface area (Å²) in [5.74, 6) is 1.79. The number of rotatable bonds is 4. The van der Waals surface area contributed by atoms with Crippen LogP contribution in [0.1, 0.15) is 0 Å². The minimum Gasteiger partial charge on any atom is -0.456 e. The van der Waals surface area contributed by atoms with Crippen LogP contribution in [-0.2, 0) is 0 Å². The first-order valence-corrected chi connectivity index (χ1v) is 12.7. The van der Waals surface area contributed by atoms with Gasteiger partial charge in [-0.05, 0) is 47.5 Å². The molecule has 0 radical (unpaired) electrons. The SMILES string of the molecule is Clc1cc(-c2ccc3oc4ccccc4c3c2)cc(-c2nc(-c3ccccc3)nc(-c3ccccc3)n2)c1. The van der Waals surface area contributed by atoms with E-state index in [0.717, 1.165) is 49.8 Å². The Balaban J connectivity index is 1.39. The zero-order valence-electron chi connectivity index (χ0n) is 20.2. The van der Waals surface area contributed by atoms with Crippen molar-refractivity contribution in [3.8, 4) is 45.3 Å². The molecule has 0 bridgehead atoms. The lowest BCUT2D eigenvalue weighted by atomic mass is 10.0. The van der Waals surface area contributed by atoms with Gasteiger partial charge in [-0.3, -0.25) is 0 Å². The van der Waals surface area contributed by atoms with E-state index in [1.54, 1.807) is 0 Å². The summed E-state index contributed by atoms with van der Waals surface area (Å²) in [4.78, 5) is 14.5. The molecule has 0 saturated heterocycles. The second-order valence-corrected chi connectivity index (χ2v) is 9.51. The maximum Gasteiger partial charge on any atom is 0.164 e. The molecule has 38 heavy (non-hydrogen) atoms. The van der Waals surface area contributed by atoms with Crippen LogP contribution >= 0.6 is 11.6 Å². The molecular weight excluding hydrogens is 490 g/mol. The largest absolute Gasteiger partial charge is 0.456 e. The summed E-state index contributed by atoms with van der Waals surface area (Å²) in [6.45, 7) is 0. The van der Waals surface area contributed by atoms with Crippen molar-refractivity contribution in [2.24, 2.45) is 0 Å². The van der Waals surface area contributed by atoms with E-state index in [9.17, 15) is 0 Å². The Hall–Kier alpha value is -4.80. The molecule has 4 nitrogen and oxygen atoms in total. The molecule has 0 aliphatic rings. The number of furan rings is 1. The fourth-order valence-corrected chi connectivity index (χ4v) is 4.96. The van der Waals surface area contributed by atoms with E-state index in [4.69, 9.17) is 31.0 Å². The average molecular weight is 510 g/mol. The van der Waals surface area contributed by atoms with E-state index < -0.39 is 0 Å². The molecule has 0 unspecified atom stereocenters. The number of hydrogen-bond donors (Lipinski definition) is 0. The molecule has 0 N–H and O–H groups in total. The monoisotopic (exact) mass is 509 g/mol. The zero-order chi connectivity index (χ0) is 25.5. The normalized spacial score (nSPS) is 11.3. The minimum atomic E-state index is 0.566. The maximum absolute atomic E-state index is 6.67. The number of fused-ring (bicyclic) bond motifs is 3. The topological polar surface area (TPSA) is 51.8 Å². The minimum absolute atomic E-state index is 0.566. The van der Waals surface area contributed by atoms with Gasteiger partial charge in [-0.25, -0.2) is 15.0 Å². The Kier molecular flexibility index (Phi) is 5.46. The lowest BCUT2D eigenvalue weighted by Gasteiger charge is -2.10. The summed E-state index contributed by atoms with van der Waals surface area (Å²) in [5.41, 5.74) is 6.41. The van der Waals surface area contributed by atoms with Crippen molar-refractivity contribution in [1.82, 2.24) is 15.0 Å². The van der Waals surface area contributed by atoms with Gasteiger partial charge in [0.05, 0.1) is 0 Å². The molecule has 5 aromatic carbocycles. The first-order valence-electron chi connectivity index (χ1n) is 12.3. The van der Waals surface area contributed by atoms with Crippen LogP contribution in [0.25, 0.3) is 67.2 Å². The Morgan fingerprint density at radius 1 is 0.421 bits per heavy atom. The summed E-state index contributed by atoms with van der Waals surface area (Å²) in [7, 11) is 0. The van der Waals surface area contributed by atoms with Crippen molar-refractivity contribution in [3.05, 3.63) is 126 Å². The third kappa shape index (κ3) is 4.11. The lowest BCUT2D eigenvalue weighted by Crippen LogP contribution is -2.00. The summed E-state index contributed by atoms with van der Waals surface area (Å²) in [5, 5.41) is 2.76. The standard InChI is InChI=1S/C33H20ClN3O/c34-26-18-24(23-15-16-30-28(20-23)27-13-7-8-14-29(27)38-30)17-25(19-26)33-36-31(21-9-3-1-4-10-21)35-32(37-33)22-11-5-2-6-12-22/h1-20H. The molecule has 180 valence electrons. The van der Waals surface area contributed by atoms with E-state index in [-0.39, 0.29) is 0 Å². The average Bonchev–Trinajstić information content (AvgIpc) is 3.35. The van der Waals surface area contributed by atoms with Crippen LogP contribution in [0.4, 0.5) is 0 Å². The predicted molar refractivity (Wildman–Crippen MR) is 154 cm³/mol. The highest BCUT2D eigenvalue weighted by Crippen LogP contribution is 2.35. The highest BCUT2D eigenvalue weighted by molar-refractivity contribution is 6.31. The summed E-state index contributed by atoms with van der Waals surface area (Å²) in [6.07, 6.45) is 0. The number of nitrogens with zero attached hydrogens (tertiary/aromatic N) is 3. The third-order valence-electron chi connectivity index (χ3n) is 6.57. The molecule has 5 heteroatoms. The fourth-order valence-electron chi connectivity index (χ4n) is 4.73. The van der Waals surface area contributed by atoms with Gasteiger partial charge in [0.15, 0.2) is 17.5 Å². The van der Waals surface area contributed by atoms with Gasteiger partial charge in [0.25, 0.3) is 0 Å². The molecule has 7 aromatic rings. The molecule has 0 aliphatic carbocycles. The third-order valence-corrected chi connectivity index (χ3v) is 6.78. The highest BCUT2D eigenvalue weighted by Gasteiger charge is 2.14. The number of aromatic nitrogens is 3. The van der Waals surface area contributed by atoms with Crippen LogP contribution in [0.15, 0.2) is 126 Å². The van der Waals surface area contributed by atoms with E-state index in [2.05, 4.69) is 24.3 Å². The Labute approximate surface area is 224 Å². The second kappa shape index (κ2) is 9.25. The van der Waals surface area contributed by atoms with Gasteiger partial charge in [-0.15, -0.1) is 0 Å². The molecule has 0 saturated carbocycles. The molecule has 0 spiro atoms. The van der Waals surface area contributed by atoms with Crippen LogP contribution in [0.2, 0.25) is 5.02 Å². The van der Waals surface area contributed by atoms with E-state index >= 15 is 0 Å². The Morgan fingerprint density at radius 2 is 0.974 bits per heavy atom. The van der Waals surface area contributed by atoms with Crippen LogP contribution in [0.3, 0.4) is 0 Å². The molecule has 0 aliphatic heterocycles. The van der Waals surface area contributed by atoms with Gasteiger partial charge in [0.2, 0.25) is 0 Å². The van der Waals surface area contributed by atoms with Crippen molar-refractivity contribution < 1.29 is 4.42 Å². The summed E-state index contributed by atoms with van der Waals surface area (Å²) in [6, 6.07) is 40.1. The first kappa shape index (κ1) is 22.4. The fraction of sp³-hybridized carbons (Fsp3) is 0. The van der Waals surface area contributed by atoms with E-state index in [1.807, 2.05) is 97.1 Å². The van der Waals surface area contributed by atoms with Crippen LogP contribution in [0.5, 0.6) is 0 Å². The van der Waals surface area contributed by atoms with Crippen molar-refractivity contribution in [3.63, 3.8) is 0 Å². The zero-order valence-corrected chi connectivity index (χ0v) is 20.9. The quantitative estimate of drug-likeness (QED) is 0.237. The van der Waals surface area contributed by atoms with Crippen molar-refractivity contribution in [2.75, 3.05) is 0 Å². The molecule has 0 fully saturated rings. The number of benzene rings is 5. The smallest absolute Gasteiger partial charge is 0.164 e. The number of hydrogen-bond acceptors (Lipinski definition) is 4. The lowest BCUT2D eigenvalue weighted by molar-refractivity contribution is 0.669. The molecule has 2 heterocycles. The summed E-state index contributed by atoms with van der Waals surface area (Å²) >= 11 is 6.67. The van der Waals surface area contributed by atoms with Gasteiger partial charge in [0.1, 0.15) is 11.2 Å². The second-order valence-electron chi connectivity index (χ2n) is 9.08. The molecular formula is C33H20ClN3O. The Bertz CT molecular complexity index is 1870. The Morgan fingerprint density at radius 3 is 1.66 bits per heavy atom. The molecule has 2 aromatic heterocycles. The highest BCUT2D eigenvalue weighted by atomic mass is 35.5.